The first kappa shape index (κ1) is 7.73. The smallest absolute Gasteiger partial charge is 0.137 e. The van der Waals surface area contributed by atoms with Crippen LogP contribution < -0.4 is 0 Å². The zero-order chi connectivity index (χ0) is 7.56. The van der Waals surface area contributed by atoms with Gasteiger partial charge in [-0.2, -0.15) is 0 Å². The van der Waals surface area contributed by atoms with Gasteiger partial charge in [0.15, 0.2) is 0 Å². The summed E-state index contributed by atoms with van der Waals surface area (Å²) < 4.78 is 0. The van der Waals surface area contributed by atoms with Crippen molar-refractivity contribution in [3.05, 3.63) is 0 Å². The van der Waals surface area contributed by atoms with E-state index in [9.17, 15) is 4.79 Å². The monoisotopic (exact) mass is 141 g/mol. The molecule has 58 valence electrons. The van der Waals surface area contributed by atoms with E-state index in [1.54, 1.807) is 0 Å². The van der Waals surface area contributed by atoms with E-state index in [1.165, 1.54) is 0 Å². The molecule has 0 aromatic heterocycles. The van der Waals surface area contributed by atoms with Crippen LogP contribution in [0.1, 0.15) is 19.3 Å². The largest absolute Gasteiger partial charge is 0.309 e. The van der Waals surface area contributed by atoms with Gasteiger partial charge >= 0.3 is 0 Å². The quantitative estimate of drug-likeness (QED) is 0.570. The highest BCUT2D eigenvalue weighted by Crippen LogP contribution is 2.21. The third-order valence-electron chi connectivity index (χ3n) is 2.02. The molecule has 1 fully saturated rings. The fraction of sp³-hybridized carbons (Fsp3) is 0.875. The highest BCUT2D eigenvalue weighted by Gasteiger charge is 2.24. The number of carbonyl (C=O) groups is 1. The van der Waals surface area contributed by atoms with Crippen LogP contribution in [-0.4, -0.2) is 31.3 Å². The molecule has 0 aliphatic heterocycles. The summed E-state index contributed by atoms with van der Waals surface area (Å²) >= 11 is 0. The molecule has 0 aromatic rings. The summed E-state index contributed by atoms with van der Waals surface area (Å²) in [5.41, 5.74) is 0. The van der Waals surface area contributed by atoms with E-state index in [0.29, 0.717) is 11.7 Å². The lowest BCUT2D eigenvalue weighted by Gasteiger charge is -2.13. The molecule has 1 rings (SSSR count). The Morgan fingerprint density at radius 3 is 2.70 bits per heavy atom. The van der Waals surface area contributed by atoms with Crippen molar-refractivity contribution in [3.63, 3.8) is 0 Å². The van der Waals surface area contributed by atoms with Gasteiger partial charge in [-0.3, -0.25) is 4.79 Å². The Labute approximate surface area is 62.2 Å². The first-order chi connectivity index (χ1) is 4.70. The average Bonchev–Trinajstić information content (AvgIpc) is 2.15. The SMILES string of the molecule is CN(C)C[C@H]1CCCC1=O. The van der Waals surface area contributed by atoms with Crippen LogP contribution in [0.3, 0.4) is 0 Å². The predicted molar refractivity (Wildman–Crippen MR) is 40.9 cm³/mol. The summed E-state index contributed by atoms with van der Waals surface area (Å²) in [6, 6.07) is 0. The molecule has 0 N–H and O–H groups in total. The predicted octanol–water partition coefficient (Wildman–Crippen LogP) is 0.917. The van der Waals surface area contributed by atoms with Crippen molar-refractivity contribution >= 4 is 5.78 Å². The summed E-state index contributed by atoms with van der Waals surface area (Å²) in [7, 11) is 4.04. The van der Waals surface area contributed by atoms with Crippen LogP contribution in [0.15, 0.2) is 0 Å². The molecule has 0 heterocycles. The Morgan fingerprint density at radius 2 is 2.30 bits per heavy atom. The maximum Gasteiger partial charge on any atom is 0.137 e. The molecular formula is C8H15NO. The summed E-state index contributed by atoms with van der Waals surface area (Å²) in [6.45, 7) is 0.943. The maximum absolute atomic E-state index is 11.1. The van der Waals surface area contributed by atoms with Gasteiger partial charge in [0.2, 0.25) is 0 Å². The zero-order valence-corrected chi connectivity index (χ0v) is 6.76. The van der Waals surface area contributed by atoms with Gasteiger partial charge in [0.1, 0.15) is 5.78 Å². The molecule has 0 aromatic carbocycles. The maximum atomic E-state index is 11.1. The van der Waals surface area contributed by atoms with E-state index in [4.69, 9.17) is 0 Å². The van der Waals surface area contributed by atoms with Crippen LogP contribution in [0.5, 0.6) is 0 Å². The van der Waals surface area contributed by atoms with Crippen LogP contribution in [0, 0.1) is 5.92 Å². The molecular weight excluding hydrogens is 126 g/mol. The Kier molecular flexibility index (Phi) is 2.44. The Bertz CT molecular complexity index is 131. The molecule has 2 nitrogen and oxygen atoms in total. The molecule has 0 unspecified atom stereocenters. The van der Waals surface area contributed by atoms with E-state index >= 15 is 0 Å². The van der Waals surface area contributed by atoms with E-state index in [1.807, 2.05) is 14.1 Å². The van der Waals surface area contributed by atoms with Crippen LogP contribution in [0.2, 0.25) is 0 Å². The first-order valence-electron chi connectivity index (χ1n) is 3.87. The van der Waals surface area contributed by atoms with Crippen molar-refractivity contribution in [2.75, 3.05) is 20.6 Å². The Balaban J connectivity index is 2.33. The molecule has 0 bridgehead atoms. The van der Waals surface area contributed by atoms with Gasteiger partial charge in [-0.05, 0) is 26.9 Å². The molecule has 2 heteroatoms. The summed E-state index contributed by atoms with van der Waals surface area (Å²) in [5.74, 6) is 0.809. The summed E-state index contributed by atoms with van der Waals surface area (Å²) in [5, 5.41) is 0. The third kappa shape index (κ3) is 1.81. The van der Waals surface area contributed by atoms with Crippen molar-refractivity contribution in [1.29, 1.82) is 0 Å². The molecule has 1 aliphatic rings. The van der Waals surface area contributed by atoms with Crippen LogP contribution in [0.25, 0.3) is 0 Å². The molecule has 0 radical (unpaired) electrons. The second-order valence-electron chi connectivity index (χ2n) is 3.32. The fourth-order valence-electron chi connectivity index (χ4n) is 1.52. The molecule has 0 saturated heterocycles. The second kappa shape index (κ2) is 3.15. The molecule has 0 amide bonds. The number of hydrogen-bond donors (Lipinski definition) is 0. The van der Waals surface area contributed by atoms with Gasteiger partial charge < -0.3 is 4.90 Å². The lowest BCUT2D eigenvalue weighted by atomic mass is 10.1. The van der Waals surface area contributed by atoms with Gasteiger partial charge in [0, 0.05) is 18.9 Å². The highest BCUT2D eigenvalue weighted by atomic mass is 16.1. The summed E-state index contributed by atoms with van der Waals surface area (Å²) in [4.78, 5) is 13.2. The van der Waals surface area contributed by atoms with Crippen LogP contribution >= 0.6 is 0 Å². The first-order valence-corrected chi connectivity index (χ1v) is 3.87. The average molecular weight is 141 g/mol. The third-order valence-corrected chi connectivity index (χ3v) is 2.02. The van der Waals surface area contributed by atoms with Gasteiger partial charge in [0.05, 0.1) is 0 Å². The number of hydrogen-bond acceptors (Lipinski definition) is 2. The molecule has 0 spiro atoms. The minimum Gasteiger partial charge on any atom is -0.309 e. The minimum atomic E-state index is 0.343. The fourth-order valence-corrected chi connectivity index (χ4v) is 1.52. The molecule has 10 heavy (non-hydrogen) atoms. The van der Waals surface area contributed by atoms with E-state index in [-0.39, 0.29) is 0 Å². The number of Topliss-reactive ketones (excluding diaryl/α,β-unsaturated/α-hetero) is 1. The van der Waals surface area contributed by atoms with Gasteiger partial charge in [-0.15, -0.1) is 0 Å². The van der Waals surface area contributed by atoms with Crippen molar-refractivity contribution in [3.8, 4) is 0 Å². The van der Waals surface area contributed by atoms with E-state index in [0.717, 1.165) is 25.8 Å². The minimum absolute atomic E-state index is 0.343. The van der Waals surface area contributed by atoms with Crippen molar-refractivity contribution in [1.82, 2.24) is 4.90 Å². The van der Waals surface area contributed by atoms with Gasteiger partial charge in [-0.25, -0.2) is 0 Å². The number of nitrogens with zero attached hydrogens (tertiary/aromatic N) is 1. The second-order valence-corrected chi connectivity index (χ2v) is 3.32. The van der Waals surface area contributed by atoms with Crippen molar-refractivity contribution in [2.24, 2.45) is 5.92 Å². The molecule has 1 atom stereocenters. The normalized spacial score (nSPS) is 26.3. The Morgan fingerprint density at radius 1 is 1.60 bits per heavy atom. The molecule has 1 saturated carbocycles. The van der Waals surface area contributed by atoms with Gasteiger partial charge in [-0.1, -0.05) is 0 Å². The lowest BCUT2D eigenvalue weighted by molar-refractivity contribution is -0.121. The van der Waals surface area contributed by atoms with Crippen LogP contribution in [0.4, 0.5) is 0 Å². The standard InChI is InChI=1S/C8H15NO/c1-9(2)6-7-4-3-5-8(7)10/h7H,3-6H2,1-2H3/t7-/m1/s1. The van der Waals surface area contributed by atoms with Crippen molar-refractivity contribution < 1.29 is 4.79 Å². The zero-order valence-electron chi connectivity index (χ0n) is 6.76. The number of carbonyl (C=O) groups excluding carboxylic acids is 1. The highest BCUT2D eigenvalue weighted by molar-refractivity contribution is 5.83. The molecule has 1 aliphatic carbocycles. The number of rotatable bonds is 2. The van der Waals surface area contributed by atoms with Gasteiger partial charge in [0.25, 0.3) is 0 Å². The van der Waals surface area contributed by atoms with E-state index < -0.39 is 0 Å². The summed E-state index contributed by atoms with van der Waals surface area (Å²) in [6.07, 6.45) is 3.03. The van der Waals surface area contributed by atoms with E-state index in [2.05, 4.69) is 4.90 Å². The van der Waals surface area contributed by atoms with Crippen LogP contribution in [-0.2, 0) is 4.79 Å². The van der Waals surface area contributed by atoms with Crippen molar-refractivity contribution in [2.45, 2.75) is 19.3 Å². The lowest BCUT2D eigenvalue weighted by Crippen LogP contribution is -2.24. The topological polar surface area (TPSA) is 20.3 Å². The number of ketones is 1. The Hall–Kier alpha value is -0.370.